The molecular formula is C20H28N4O. The van der Waals surface area contributed by atoms with Gasteiger partial charge in [-0.3, -0.25) is 9.69 Å². The standard InChI is InChI=1S/C20H28N4O/c1-17-3-8-20(25)24(15-17)16-18-4-6-19(7-5-18)21-9-10-23-13-11-22(2)12-14-23/h3-8,15,21H,9-14,16H2,1-2H3. The van der Waals surface area contributed by atoms with Crippen molar-refractivity contribution in [1.29, 1.82) is 0 Å². The number of rotatable bonds is 6. The van der Waals surface area contributed by atoms with Gasteiger partial charge in [0.1, 0.15) is 0 Å². The highest BCUT2D eigenvalue weighted by molar-refractivity contribution is 5.44. The van der Waals surface area contributed by atoms with Crippen LogP contribution in [0.5, 0.6) is 0 Å². The fourth-order valence-corrected chi connectivity index (χ4v) is 3.13. The minimum atomic E-state index is 0.0416. The molecule has 1 aliphatic rings. The molecular weight excluding hydrogens is 312 g/mol. The van der Waals surface area contributed by atoms with Gasteiger partial charge in [0.25, 0.3) is 5.56 Å². The number of benzene rings is 1. The highest BCUT2D eigenvalue weighted by Gasteiger charge is 2.12. The Labute approximate surface area is 149 Å². The summed E-state index contributed by atoms with van der Waals surface area (Å²) in [6, 6.07) is 11.9. The second-order valence-corrected chi connectivity index (χ2v) is 6.94. The third kappa shape index (κ3) is 5.18. The molecule has 1 N–H and O–H groups in total. The maximum absolute atomic E-state index is 11.9. The topological polar surface area (TPSA) is 40.5 Å². The highest BCUT2D eigenvalue weighted by Crippen LogP contribution is 2.10. The molecule has 5 nitrogen and oxygen atoms in total. The van der Waals surface area contributed by atoms with Crippen LogP contribution in [0.2, 0.25) is 0 Å². The number of nitrogens with one attached hydrogen (secondary N) is 1. The Kier molecular flexibility index (Phi) is 5.89. The predicted molar refractivity (Wildman–Crippen MR) is 103 cm³/mol. The third-order valence-corrected chi connectivity index (χ3v) is 4.79. The molecule has 1 aromatic carbocycles. The number of anilines is 1. The predicted octanol–water partition coefficient (Wildman–Crippen LogP) is 1.86. The van der Waals surface area contributed by atoms with E-state index in [9.17, 15) is 4.79 Å². The number of nitrogens with zero attached hydrogens (tertiary/aromatic N) is 3. The number of piperazine rings is 1. The molecule has 0 saturated carbocycles. The van der Waals surface area contributed by atoms with Gasteiger partial charge in [-0.05, 0) is 37.2 Å². The molecule has 1 saturated heterocycles. The Morgan fingerprint density at radius 1 is 1.00 bits per heavy atom. The third-order valence-electron chi connectivity index (χ3n) is 4.79. The summed E-state index contributed by atoms with van der Waals surface area (Å²) in [6.07, 6.45) is 1.91. The lowest BCUT2D eigenvalue weighted by Gasteiger charge is -2.32. The van der Waals surface area contributed by atoms with Crippen LogP contribution in [-0.4, -0.2) is 60.7 Å². The van der Waals surface area contributed by atoms with Gasteiger partial charge in [-0.15, -0.1) is 0 Å². The summed E-state index contributed by atoms with van der Waals surface area (Å²) in [7, 11) is 2.18. The Balaban J connectivity index is 1.49. The SMILES string of the molecule is Cc1ccc(=O)n(Cc2ccc(NCCN3CCN(C)CC3)cc2)c1. The molecule has 0 spiro atoms. The van der Waals surface area contributed by atoms with Gasteiger partial charge in [-0.1, -0.05) is 18.2 Å². The van der Waals surface area contributed by atoms with Crippen molar-refractivity contribution in [2.75, 3.05) is 51.6 Å². The normalized spacial score (nSPS) is 16.1. The van der Waals surface area contributed by atoms with E-state index in [2.05, 4.69) is 46.4 Å². The lowest BCUT2D eigenvalue weighted by atomic mass is 10.2. The molecule has 0 aliphatic carbocycles. The molecule has 134 valence electrons. The smallest absolute Gasteiger partial charge is 0.250 e. The molecule has 0 radical (unpaired) electrons. The van der Waals surface area contributed by atoms with Crippen molar-refractivity contribution in [2.45, 2.75) is 13.5 Å². The van der Waals surface area contributed by atoms with E-state index >= 15 is 0 Å². The lowest BCUT2D eigenvalue weighted by Crippen LogP contribution is -2.45. The summed E-state index contributed by atoms with van der Waals surface area (Å²) in [5.74, 6) is 0. The molecule has 3 rings (SSSR count). The van der Waals surface area contributed by atoms with Gasteiger partial charge in [0.05, 0.1) is 6.54 Å². The van der Waals surface area contributed by atoms with Gasteiger partial charge >= 0.3 is 0 Å². The van der Waals surface area contributed by atoms with Gasteiger partial charge in [-0.2, -0.15) is 0 Å². The summed E-state index contributed by atoms with van der Waals surface area (Å²) in [6.45, 7) is 9.28. The van der Waals surface area contributed by atoms with E-state index in [-0.39, 0.29) is 5.56 Å². The van der Waals surface area contributed by atoms with E-state index in [4.69, 9.17) is 0 Å². The first-order valence-electron chi connectivity index (χ1n) is 9.01. The van der Waals surface area contributed by atoms with E-state index in [1.807, 2.05) is 19.2 Å². The van der Waals surface area contributed by atoms with Crippen LogP contribution in [0.4, 0.5) is 5.69 Å². The first-order valence-corrected chi connectivity index (χ1v) is 9.01. The average molecular weight is 340 g/mol. The molecule has 1 aromatic heterocycles. The van der Waals surface area contributed by atoms with Crippen molar-refractivity contribution in [3.05, 3.63) is 64.1 Å². The lowest BCUT2D eigenvalue weighted by molar-refractivity contribution is 0.158. The average Bonchev–Trinajstić information content (AvgIpc) is 2.61. The molecule has 0 bridgehead atoms. The van der Waals surface area contributed by atoms with Crippen LogP contribution in [0.1, 0.15) is 11.1 Å². The van der Waals surface area contributed by atoms with Crippen LogP contribution in [0, 0.1) is 6.92 Å². The molecule has 2 aromatic rings. The molecule has 0 amide bonds. The number of hydrogen-bond acceptors (Lipinski definition) is 4. The van der Waals surface area contributed by atoms with Crippen molar-refractivity contribution in [2.24, 2.45) is 0 Å². The molecule has 0 unspecified atom stereocenters. The molecule has 5 heteroatoms. The van der Waals surface area contributed by atoms with Gasteiger partial charge in [-0.25, -0.2) is 0 Å². The van der Waals surface area contributed by atoms with E-state index in [1.165, 1.54) is 0 Å². The van der Waals surface area contributed by atoms with Gasteiger partial charge in [0.15, 0.2) is 0 Å². The number of aryl methyl sites for hydroxylation is 1. The van der Waals surface area contributed by atoms with Crippen molar-refractivity contribution in [3.63, 3.8) is 0 Å². The summed E-state index contributed by atoms with van der Waals surface area (Å²) in [5.41, 5.74) is 3.41. The molecule has 25 heavy (non-hydrogen) atoms. The zero-order valence-electron chi connectivity index (χ0n) is 15.2. The second kappa shape index (κ2) is 8.32. The monoisotopic (exact) mass is 340 g/mol. The fourth-order valence-electron chi connectivity index (χ4n) is 3.13. The zero-order valence-corrected chi connectivity index (χ0v) is 15.2. The van der Waals surface area contributed by atoms with Crippen molar-refractivity contribution < 1.29 is 0 Å². The van der Waals surface area contributed by atoms with E-state index in [0.717, 1.165) is 56.1 Å². The summed E-state index contributed by atoms with van der Waals surface area (Å²) in [5, 5.41) is 3.49. The van der Waals surface area contributed by atoms with E-state index in [1.54, 1.807) is 10.6 Å². The Hall–Kier alpha value is -2.11. The van der Waals surface area contributed by atoms with Gasteiger partial charge < -0.3 is 14.8 Å². The molecule has 1 fully saturated rings. The Morgan fingerprint density at radius 2 is 1.72 bits per heavy atom. The molecule has 2 heterocycles. The number of likely N-dealkylation sites (N-methyl/N-ethyl adjacent to an activating group) is 1. The minimum Gasteiger partial charge on any atom is -0.384 e. The van der Waals surface area contributed by atoms with E-state index in [0.29, 0.717) is 6.54 Å². The second-order valence-electron chi connectivity index (χ2n) is 6.94. The number of pyridine rings is 1. The summed E-state index contributed by atoms with van der Waals surface area (Å²) in [4.78, 5) is 16.8. The first kappa shape index (κ1) is 17.7. The first-order chi connectivity index (χ1) is 12.1. The zero-order chi connectivity index (χ0) is 17.6. The van der Waals surface area contributed by atoms with Crippen molar-refractivity contribution in [1.82, 2.24) is 14.4 Å². The minimum absolute atomic E-state index is 0.0416. The maximum Gasteiger partial charge on any atom is 0.250 e. The van der Waals surface area contributed by atoms with Crippen LogP contribution in [0.3, 0.4) is 0 Å². The molecule has 0 atom stereocenters. The van der Waals surface area contributed by atoms with Crippen LogP contribution in [0.25, 0.3) is 0 Å². The fraction of sp³-hybridized carbons (Fsp3) is 0.450. The van der Waals surface area contributed by atoms with Crippen molar-refractivity contribution >= 4 is 5.69 Å². The van der Waals surface area contributed by atoms with Crippen molar-refractivity contribution in [3.8, 4) is 0 Å². The van der Waals surface area contributed by atoms with Crippen LogP contribution >= 0.6 is 0 Å². The maximum atomic E-state index is 11.9. The Morgan fingerprint density at radius 3 is 2.44 bits per heavy atom. The number of aromatic nitrogens is 1. The van der Waals surface area contributed by atoms with Gasteiger partial charge in [0.2, 0.25) is 0 Å². The summed E-state index contributed by atoms with van der Waals surface area (Å²) >= 11 is 0. The van der Waals surface area contributed by atoms with E-state index < -0.39 is 0 Å². The van der Waals surface area contributed by atoms with Crippen LogP contribution in [-0.2, 0) is 6.54 Å². The summed E-state index contributed by atoms with van der Waals surface area (Å²) < 4.78 is 1.76. The highest BCUT2D eigenvalue weighted by atomic mass is 16.1. The Bertz CT molecular complexity index is 730. The van der Waals surface area contributed by atoms with Crippen LogP contribution in [0.15, 0.2) is 47.4 Å². The molecule has 1 aliphatic heterocycles. The van der Waals surface area contributed by atoms with Crippen LogP contribution < -0.4 is 10.9 Å². The largest absolute Gasteiger partial charge is 0.384 e. The quantitative estimate of drug-likeness (QED) is 0.871. The number of hydrogen-bond donors (Lipinski definition) is 1. The van der Waals surface area contributed by atoms with Gasteiger partial charge in [0, 0.05) is 57.2 Å².